The van der Waals surface area contributed by atoms with Gasteiger partial charge in [0.1, 0.15) is 0 Å². The Morgan fingerprint density at radius 3 is 2.34 bits per heavy atom. The number of carboxylic acids is 1. The molecule has 8 nitrogen and oxygen atoms in total. The molecule has 0 saturated heterocycles. The van der Waals surface area contributed by atoms with Gasteiger partial charge in [-0.05, 0) is 34.2 Å². The van der Waals surface area contributed by atoms with Gasteiger partial charge in [-0.3, -0.25) is 10.1 Å². The van der Waals surface area contributed by atoms with E-state index in [4.69, 9.17) is 0 Å². The Labute approximate surface area is 187 Å². The van der Waals surface area contributed by atoms with Gasteiger partial charge in [0.15, 0.2) is 11.3 Å². The normalized spacial score (nSPS) is 13.1. The highest BCUT2D eigenvalue weighted by Crippen LogP contribution is 2.30. The third-order valence-corrected chi connectivity index (χ3v) is 5.75. The van der Waals surface area contributed by atoms with E-state index in [-0.39, 0.29) is 24.7 Å². The third-order valence-electron chi connectivity index (χ3n) is 5.75. The minimum atomic E-state index is -1.60. The van der Waals surface area contributed by atoms with E-state index >= 15 is 0 Å². The molecule has 0 amide bonds. The third kappa shape index (κ3) is 4.75. The molecule has 1 aromatic heterocycles. The largest absolute Gasteiger partial charge is 0.480 e. The van der Waals surface area contributed by atoms with Crippen molar-refractivity contribution in [1.82, 2.24) is 25.9 Å². The first kappa shape index (κ1) is 23.3. The Balaban J connectivity index is 1.81. The summed E-state index contributed by atoms with van der Waals surface area (Å²) in [5.41, 5.74) is 2.09. The molecule has 0 fully saturated rings. The Morgan fingerprint density at radius 1 is 1.09 bits per heavy atom. The summed E-state index contributed by atoms with van der Waals surface area (Å²) >= 11 is 0. The van der Waals surface area contributed by atoms with E-state index in [9.17, 15) is 14.7 Å². The standard InChI is InChI=1S/C24H29N5O3/c1-4-5-10-21(30)24(16(2)3,23(31)32)25-15-17-11-13-18(14-12-17)19-8-6-7-9-20(19)22-26-28-29-27-22/h6-9,11-14,16,25H,4-5,10,15H2,1-3H3,(H,31,32)(H,26,27,28,29). The second-order valence-electron chi connectivity index (χ2n) is 8.13. The lowest BCUT2D eigenvalue weighted by atomic mass is 9.80. The number of Topliss-reactive ketones (excluding diaryl/α,β-unsaturated/α-hetero) is 1. The van der Waals surface area contributed by atoms with Crippen LogP contribution in [0, 0.1) is 5.92 Å². The van der Waals surface area contributed by atoms with Crippen LogP contribution in [0.25, 0.3) is 22.5 Å². The molecule has 168 valence electrons. The number of carboxylic acid groups (broad SMARTS) is 1. The van der Waals surface area contributed by atoms with Crippen molar-refractivity contribution in [2.45, 2.75) is 52.1 Å². The molecule has 0 saturated carbocycles. The highest BCUT2D eigenvalue weighted by molar-refractivity contribution is 6.08. The summed E-state index contributed by atoms with van der Waals surface area (Å²) in [5, 5.41) is 27.3. The quantitative estimate of drug-likeness (QED) is 0.391. The number of benzene rings is 2. The number of nitrogens with zero attached hydrogens (tertiary/aromatic N) is 3. The van der Waals surface area contributed by atoms with Crippen LogP contribution in [0.15, 0.2) is 48.5 Å². The first-order chi connectivity index (χ1) is 15.4. The van der Waals surface area contributed by atoms with E-state index in [1.54, 1.807) is 13.8 Å². The van der Waals surface area contributed by atoms with Gasteiger partial charge >= 0.3 is 5.97 Å². The van der Waals surface area contributed by atoms with Crippen molar-refractivity contribution >= 4 is 11.8 Å². The minimum Gasteiger partial charge on any atom is -0.480 e. The monoisotopic (exact) mass is 435 g/mol. The average Bonchev–Trinajstić information content (AvgIpc) is 3.33. The Bertz CT molecular complexity index is 1050. The van der Waals surface area contributed by atoms with Gasteiger partial charge in [0.05, 0.1) is 0 Å². The van der Waals surface area contributed by atoms with Crippen LogP contribution in [0.1, 0.15) is 45.6 Å². The maximum Gasteiger partial charge on any atom is 0.331 e. The van der Waals surface area contributed by atoms with Crippen molar-refractivity contribution in [3.05, 3.63) is 54.1 Å². The lowest BCUT2D eigenvalue weighted by Gasteiger charge is -2.33. The fourth-order valence-corrected chi connectivity index (χ4v) is 3.85. The van der Waals surface area contributed by atoms with E-state index in [2.05, 4.69) is 25.9 Å². The summed E-state index contributed by atoms with van der Waals surface area (Å²) < 4.78 is 0. The number of hydrogen-bond acceptors (Lipinski definition) is 6. The fraction of sp³-hybridized carbons (Fsp3) is 0.375. The molecular weight excluding hydrogens is 406 g/mol. The maximum atomic E-state index is 12.9. The average molecular weight is 436 g/mol. The molecule has 8 heteroatoms. The number of carbonyl (C=O) groups excluding carboxylic acids is 1. The number of carbonyl (C=O) groups is 2. The summed E-state index contributed by atoms with van der Waals surface area (Å²) in [5.74, 6) is -1.27. The minimum absolute atomic E-state index is 0.250. The molecule has 1 heterocycles. The van der Waals surface area contributed by atoms with Crippen LogP contribution >= 0.6 is 0 Å². The van der Waals surface area contributed by atoms with Crippen LogP contribution in [-0.4, -0.2) is 43.0 Å². The van der Waals surface area contributed by atoms with Gasteiger partial charge in [0.25, 0.3) is 0 Å². The Kier molecular flexibility index (Phi) is 7.48. The predicted octanol–water partition coefficient (Wildman–Crippen LogP) is 3.86. The van der Waals surface area contributed by atoms with Gasteiger partial charge in [-0.15, -0.1) is 10.2 Å². The van der Waals surface area contributed by atoms with Crippen LogP contribution in [0.3, 0.4) is 0 Å². The highest BCUT2D eigenvalue weighted by Gasteiger charge is 2.47. The van der Waals surface area contributed by atoms with Crippen molar-refractivity contribution in [3.63, 3.8) is 0 Å². The number of hydrogen-bond donors (Lipinski definition) is 3. The zero-order valence-electron chi connectivity index (χ0n) is 18.6. The van der Waals surface area contributed by atoms with Crippen molar-refractivity contribution in [2.75, 3.05) is 0 Å². The smallest absolute Gasteiger partial charge is 0.331 e. The summed E-state index contributed by atoms with van der Waals surface area (Å²) in [7, 11) is 0. The molecule has 1 atom stereocenters. The molecule has 0 aliphatic heterocycles. The van der Waals surface area contributed by atoms with Crippen LogP contribution in [0.5, 0.6) is 0 Å². The second-order valence-corrected chi connectivity index (χ2v) is 8.13. The summed E-state index contributed by atoms with van der Waals surface area (Å²) in [6.45, 7) is 5.79. The van der Waals surface area contributed by atoms with E-state index < -0.39 is 11.5 Å². The Morgan fingerprint density at radius 2 is 1.78 bits per heavy atom. The van der Waals surface area contributed by atoms with E-state index in [0.717, 1.165) is 28.7 Å². The predicted molar refractivity (Wildman–Crippen MR) is 122 cm³/mol. The van der Waals surface area contributed by atoms with Crippen molar-refractivity contribution in [1.29, 1.82) is 0 Å². The molecule has 0 radical (unpaired) electrons. The highest BCUT2D eigenvalue weighted by atomic mass is 16.4. The number of H-pyrrole nitrogens is 1. The fourth-order valence-electron chi connectivity index (χ4n) is 3.85. The zero-order chi connectivity index (χ0) is 23.1. The van der Waals surface area contributed by atoms with Gasteiger partial charge < -0.3 is 5.11 Å². The van der Waals surface area contributed by atoms with Crippen molar-refractivity contribution in [2.24, 2.45) is 5.92 Å². The van der Waals surface area contributed by atoms with Crippen LogP contribution in [-0.2, 0) is 16.1 Å². The summed E-state index contributed by atoms with van der Waals surface area (Å²) in [6, 6.07) is 15.6. The second kappa shape index (κ2) is 10.3. The molecule has 3 rings (SSSR count). The number of nitrogens with one attached hydrogen (secondary N) is 2. The van der Waals surface area contributed by atoms with Crippen LogP contribution in [0.4, 0.5) is 0 Å². The first-order valence-corrected chi connectivity index (χ1v) is 10.8. The number of unbranched alkanes of at least 4 members (excludes halogenated alkanes) is 1. The molecule has 2 aromatic carbocycles. The topological polar surface area (TPSA) is 121 Å². The lowest BCUT2D eigenvalue weighted by molar-refractivity contribution is -0.153. The number of aromatic nitrogens is 4. The van der Waals surface area contributed by atoms with Gasteiger partial charge in [0.2, 0.25) is 5.82 Å². The molecule has 0 spiro atoms. The van der Waals surface area contributed by atoms with E-state index in [1.807, 2.05) is 55.5 Å². The van der Waals surface area contributed by atoms with Crippen LogP contribution in [0.2, 0.25) is 0 Å². The van der Waals surface area contributed by atoms with E-state index in [1.165, 1.54) is 0 Å². The maximum absolute atomic E-state index is 12.9. The van der Waals surface area contributed by atoms with Crippen molar-refractivity contribution < 1.29 is 14.7 Å². The molecule has 32 heavy (non-hydrogen) atoms. The van der Waals surface area contributed by atoms with Gasteiger partial charge in [0, 0.05) is 18.5 Å². The first-order valence-electron chi connectivity index (χ1n) is 10.8. The Hall–Kier alpha value is -3.39. The number of aromatic amines is 1. The molecular formula is C24H29N5O3. The van der Waals surface area contributed by atoms with Gasteiger partial charge in [-0.25, -0.2) is 4.79 Å². The molecule has 3 N–H and O–H groups in total. The number of aliphatic carboxylic acids is 1. The molecule has 3 aromatic rings. The number of ketones is 1. The number of tetrazole rings is 1. The van der Waals surface area contributed by atoms with Crippen molar-refractivity contribution in [3.8, 4) is 22.5 Å². The van der Waals surface area contributed by atoms with Crippen LogP contribution < -0.4 is 5.32 Å². The van der Waals surface area contributed by atoms with E-state index in [0.29, 0.717) is 12.2 Å². The van der Waals surface area contributed by atoms with Gasteiger partial charge in [-0.2, -0.15) is 5.21 Å². The molecule has 1 unspecified atom stereocenters. The summed E-state index contributed by atoms with van der Waals surface area (Å²) in [4.78, 5) is 25.0. The molecule has 0 bridgehead atoms. The summed E-state index contributed by atoms with van der Waals surface area (Å²) in [6.07, 6.45) is 1.77. The molecule has 0 aliphatic rings. The molecule has 0 aliphatic carbocycles. The number of rotatable bonds is 11. The van der Waals surface area contributed by atoms with Gasteiger partial charge in [-0.1, -0.05) is 75.7 Å². The lowest BCUT2D eigenvalue weighted by Crippen LogP contribution is -2.61. The zero-order valence-corrected chi connectivity index (χ0v) is 18.6. The SMILES string of the molecule is CCCCC(=O)C(NCc1ccc(-c2ccccc2-c2nn[nH]n2)cc1)(C(=O)O)C(C)C.